The molecule has 33 heavy (non-hydrogen) atoms. The smallest absolute Gasteiger partial charge is 0.227 e. The summed E-state index contributed by atoms with van der Waals surface area (Å²) in [7, 11) is 0. The van der Waals surface area contributed by atoms with Crippen LogP contribution in [-0.2, 0) is 24.3 Å². The predicted octanol–water partition coefficient (Wildman–Crippen LogP) is 5.18. The highest BCUT2D eigenvalue weighted by molar-refractivity contribution is 5.78. The second kappa shape index (κ2) is 11.2. The van der Waals surface area contributed by atoms with Crippen LogP contribution in [-0.4, -0.2) is 40.3 Å². The zero-order chi connectivity index (χ0) is 23.0. The van der Waals surface area contributed by atoms with Crippen LogP contribution >= 0.6 is 0 Å². The maximum absolute atomic E-state index is 13.3. The van der Waals surface area contributed by atoms with E-state index in [0.717, 1.165) is 50.1 Å². The first-order valence-corrected chi connectivity index (χ1v) is 12.1. The van der Waals surface area contributed by atoms with Crippen molar-refractivity contribution in [2.75, 3.05) is 19.6 Å². The molecule has 0 bridgehead atoms. The van der Waals surface area contributed by atoms with Crippen LogP contribution in [0.1, 0.15) is 40.7 Å². The van der Waals surface area contributed by atoms with E-state index in [1.54, 1.807) is 6.20 Å². The van der Waals surface area contributed by atoms with Gasteiger partial charge in [0, 0.05) is 32.0 Å². The molecule has 0 radical (unpaired) electrons. The summed E-state index contributed by atoms with van der Waals surface area (Å²) in [5.74, 6) is 0.739. The molecular weight excluding hydrogens is 406 g/mol. The van der Waals surface area contributed by atoms with Gasteiger partial charge < -0.3 is 4.90 Å². The minimum absolute atomic E-state index is 0.201. The number of aromatic nitrogens is 1. The number of likely N-dealkylation sites (tertiary alicyclic amines) is 1. The largest absolute Gasteiger partial charge is 0.338 e. The van der Waals surface area contributed by atoms with Gasteiger partial charge in [0.15, 0.2) is 0 Å². The second-order valence-electron chi connectivity index (χ2n) is 9.45. The van der Waals surface area contributed by atoms with Gasteiger partial charge in [-0.1, -0.05) is 60.2 Å². The van der Waals surface area contributed by atoms with Crippen molar-refractivity contribution in [3.63, 3.8) is 0 Å². The molecule has 172 valence electrons. The molecule has 1 aliphatic heterocycles. The Bertz CT molecular complexity index is 1040. The van der Waals surface area contributed by atoms with E-state index in [9.17, 15) is 4.79 Å². The van der Waals surface area contributed by atoms with Crippen LogP contribution in [0, 0.1) is 19.8 Å². The number of hydrogen-bond acceptors (Lipinski definition) is 3. The summed E-state index contributed by atoms with van der Waals surface area (Å²) in [5.41, 5.74) is 6.16. The maximum Gasteiger partial charge on any atom is 0.227 e. The number of nitrogens with zero attached hydrogens (tertiary/aromatic N) is 3. The normalized spacial score (nSPS) is 14.8. The van der Waals surface area contributed by atoms with E-state index in [1.807, 2.05) is 18.3 Å². The van der Waals surface area contributed by atoms with Gasteiger partial charge in [-0.3, -0.25) is 14.7 Å². The van der Waals surface area contributed by atoms with Gasteiger partial charge in [0.05, 0.1) is 6.42 Å². The lowest BCUT2D eigenvalue weighted by Crippen LogP contribution is -2.41. The van der Waals surface area contributed by atoms with Gasteiger partial charge in [-0.05, 0) is 74.0 Å². The summed E-state index contributed by atoms with van der Waals surface area (Å²) in [5, 5.41) is 0. The summed E-state index contributed by atoms with van der Waals surface area (Å²) < 4.78 is 0. The van der Waals surface area contributed by atoms with Gasteiger partial charge >= 0.3 is 0 Å². The standard InChI is InChI=1S/C29H35N3O/c1-23-7-5-9-26(17-23)18-29(33)32(21-27-10-6-14-30-19-27)20-25-12-15-31(16-13-25)22-28-11-4-3-8-24(28)2/h3-11,14,17,19,25H,12-13,15-16,18,20-22H2,1-2H3. The first-order valence-electron chi connectivity index (χ1n) is 12.1. The maximum atomic E-state index is 13.3. The minimum Gasteiger partial charge on any atom is -0.338 e. The number of hydrogen-bond donors (Lipinski definition) is 0. The second-order valence-corrected chi connectivity index (χ2v) is 9.45. The molecule has 1 aromatic heterocycles. The molecule has 1 amide bonds. The fourth-order valence-electron chi connectivity index (χ4n) is 4.74. The van der Waals surface area contributed by atoms with Crippen molar-refractivity contribution in [2.24, 2.45) is 5.92 Å². The number of piperidine rings is 1. The Labute approximate surface area is 198 Å². The predicted molar refractivity (Wildman–Crippen MR) is 134 cm³/mol. The molecule has 0 unspecified atom stereocenters. The van der Waals surface area contributed by atoms with Gasteiger partial charge in [-0.25, -0.2) is 0 Å². The van der Waals surface area contributed by atoms with Gasteiger partial charge in [0.25, 0.3) is 0 Å². The van der Waals surface area contributed by atoms with Gasteiger partial charge in [0.2, 0.25) is 5.91 Å². The molecule has 4 heteroatoms. The Morgan fingerprint density at radius 3 is 2.52 bits per heavy atom. The number of carbonyl (C=O) groups is 1. The molecule has 2 aromatic carbocycles. The van der Waals surface area contributed by atoms with Crippen LogP contribution in [0.3, 0.4) is 0 Å². The van der Waals surface area contributed by atoms with Crippen LogP contribution in [0.15, 0.2) is 73.1 Å². The molecule has 0 saturated carbocycles. The summed E-state index contributed by atoms with van der Waals surface area (Å²) in [6.45, 7) is 8.91. The van der Waals surface area contributed by atoms with E-state index in [4.69, 9.17) is 0 Å². The van der Waals surface area contributed by atoms with Crippen molar-refractivity contribution in [3.8, 4) is 0 Å². The molecule has 1 aliphatic rings. The lowest BCUT2D eigenvalue weighted by molar-refractivity contribution is -0.132. The van der Waals surface area contributed by atoms with E-state index in [0.29, 0.717) is 18.9 Å². The third-order valence-electron chi connectivity index (χ3n) is 6.73. The van der Waals surface area contributed by atoms with Crippen LogP contribution in [0.2, 0.25) is 0 Å². The number of aryl methyl sites for hydroxylation is 2. The molecule has 2 heterocycles. The molecule has 3 aromatic rings. The van der Waals surface area contributed by atoms with Crippen molar-refractivity contribution in [1.82, 2.24) is 14.8 Å². The lowest BCUT2D eigenvalue weighted by Gasteiger charge is -2.35. The van der Waals surface area contributed by atoms with Gasteiger partial charge in [0.1, 0.15) is 0 Å². The molecule has 0 aliphatic carbocycles. The van der Waals surface area contributed by atoms with Crippen LogP contribution in [0.5, 0.6) is 0 Å². The Morgan fingerprint density at radius 1 is 1.00 bits per heavy atom. The molecule has 4 nitrogen and oxygen atoms in total. The SMILES string of the molecule is Cc1cccc(CC(=O)N(Cc2cccnc2)CC2CCN(Cc3ccccc3C)CC2)c1. The topological polar surface area (TPSA) is 36.4 Å². The number of amides is 1. The first-order chi connectivity index (χ1) is 16.1. The number of rotatable bonds is 8. The highest BCUT2D eigenvalue weighted by Crippen LogP contribution is 2.22. The van der Waals surface area contributed by atoms with Crippen molar-refractivity contribution in [3.05, 3.63) is 101 Å². The van der Waals surface area contributed by atoms with Crippen molar-refractivity contribution >= 4 is 5.91 Å². The summed E-state index contributed by atoms with van der Waals surface area (Å²) in [6.07, 6.45) is 6.37. The average molecular weight is 442 g/mol. The Kier molecular flexibility index (Phi) is 7.90. The van der Waals surface area contributed by atoms with Gasteiger partial charge in [-0.2, -0.15) is 0 Å². The van der Waals surface area contributed by atoms with Crippen molar-refractivity contribution in [1.29, 1.82) is 0 Å². The molecule has 0 N–H and O–H groups in total. The van der Waals surface area contributed by atoms with E-state index in [-0.39, 0.29) is 5.91 Å². The number of benzene rings is 2. The molecule has 0 spiro atoms. The Hall–Kier alpha value is -2.98. The third-order valence-corrected chi connectivity index (χ3v) is 6.73. The zero-order valence-corrected chi connectivity index (χ0v) is 19.9. The third kappa shape index (κ3) is 6.75. The van der Waals surface area contributed by atoms with E-state index in [2.05, 4.69) is 77.2 Å². The van der Waals surface area contributed by atoms with Crippen LogP contribution in [0.25, 0.3) is 0 Å². The van der Waals surface area contributed by atoms with Crippen molar-refractivity contribution in [2.45, 2.75) is 46.2 Å². The minimum atomic E-state index is 0.201. The fourth-order valence-corrected chi connectivity index (χ4v) is 4.74. The van der Waals surface area contributed by atoms with Crippen LogP contribution in [0.4, 0.5) is 0 Å². The Balaban J connectivity index is 1.37. The molecule has 0 atom stereocenters. The first kappa shape index (κ1) is 23.2. The summed E-state index contributed by atoms with van der Waals surface area (Å²) in [4.78, 5) is 22.2. The summed E-state index contributed by atoms with van der Waals surface area (Å²) in [6, 6.07) is 21.0. The average Bonchev–Trinajstić information content (AvgIpc) is 2.82. The number of pyridine rings is 1. The van der Waals surface area contributed by atoms with E-state index < -0.39 is 0 Å². The monoisotopic (exact) mass is 441 g/mol. The molecule has 1 fully saturated rings. The quantitative estimate of drug-likeness (QED) is 0.483. The molecule has 1 saturated heterocycles. The Morgan fingerprint density at radius 2 is 1.79 bits per heavy atom. The lowest BCUT2D eigenvalue weighted by atomic mass is 9.95. The highest BCUT2D eigenvalue weighted by Gasteiger charge is 2.24. The zero-order valence-electron chi connectivity index (χ0n) is 19.9. The summed E-state index contributed by atoms with van der Waals surface area (Å²) >= 11 is 0. The van der Waals surface area contributed by atoms with E-state index in [1.165, 1.54) is 16.7 Å². The van der Waals surface area contributed by atoms with Crippen molar-refractivity contribution < 1.29 is 4.79 Å². The van der Waals surface area contributed by atoms with E-state index >= 15 is 0 Å². The highest BCUT2D eigenvalue weighted by atomic mass is 16.2. The fraction of sp³-hybridized carbons (Fsp3) is 0.379. The van der Waals surface area contributed by atoms with Gasteiger partial charge in [-0.15, -0.1) is 0 Å². The number of carbonyl (C=O) groups excluding carboxylic acids is 1. The molecular formula is C29H35N3O. The molecule has 4 rings (SSSR count). The van der Waals surface area contributed by atoms with Crippen LogP contribution < -0.4 is 0 Å².